The molecular weight excluding hydrogens is 235 g/mol. The predicted molar refractivity (Wildman–Crippen MR) is 57.3 cm³/mol. The smallest absolute Gasteiger partial charge is 0.226 e. The quantitative estimate of drug-likeness (QED) is 0.491. The van der Waals surface area contributed by atoms with Crippen molar-refractivity contribution in [2.75, 3.05) is 6.54 Å². The number of carbonyl (C=O) groups is 1. The number of nitrogens with one attached hydrogen (secondary N) is 1. The normalized spacial score (nSPS) is 9.38. The number of rotatable bonds is 4. The molecule has 0 radical (unpaired) electrons. The van der Waals surface area contributed by atoms with E-state index in [1.54, 1.807) is 0 Å². The predicted octanol–water partition coefficient (Wildman–Crippen LogP) is 2.41. The highest BCUT2D eigenvalue weighted by Crippen LogP contribution is 2.15. The van der Waals surface area contributed by atoms with Crippen molar-refractivity contribution in [3.05, 3.63) is 45.0 Å². The number of hydrogen-bond donors (Lipinski definition) is 1. The highest BCUT2D eigenvalue weighted by Gasteiger charge is 2.02. The Labute approximate surface area is 95.8 Å². The van der Waals surface area contributed by atoms with Crippen LogP contribution < -0.4 is 5.32 Å². The minimum Gasteiger partial charge on any atom is -0.352 e. The van der Waals surface area contributed by atoms with Gasteiger partial charge in [0.1, 0.15) is 12.4 Å². The van der Waals surface area contributed by atoms with Crippen LogP contribution in [0.15, 0.2) is 23.3 Å². The summed E-state index contributed by atoms with van der Waals surface area (Å²) in [5, 5.41) is 5.60. The van der Waals surface area contributed by atoms with Crippen LogP contribution >= 0.6 is 11.6 Å². The van der Waals surface area contributed by atoms with E-state index in [0.717, 1.165) is 0 Å². The maximum absolute atomic E-state index is 12.8. The third kappa shape index (κ3) is 3.76. The zero-order valence-corrected chi connectivity index (χ0v) is 8.91. The summed E-state index contributed by atoms with van der Waals surface area (Å²) in [6.07, 6.45) is 0. The van der Waals surface area contributed by atoms with E-state index in [-0.39, 0.29) is 18.1 Å². The number of benzene rings is 1. The molecule has 5 nitrogen and oxygen atoms in total. The van der Waals surface area contributed by atoms with Crippen LogP contribution in [0, 0.1) is 5.82 Å². The number of amides is 1. The molecule has 84 valence electrons. The van der Waals surface area contributed by atoms with Gasteiger partial charge in [0, 0.05) is 11.5 Å². The summed E-state index contributed by atoms with van der Waals surface area (Å²) >= 11 is 5.56. The van der Waals surface area contributed by atoms with Gasteiger partial charge < -0.3 is 5.32 Å². The van der Waals surface area contributed by atoms with Crippen molar-refractivity contribution < 1.29 is 9.18 Å². The van der Waals surface area contributed by atoms with Crippen LogP contribution in [0.1, 0.15) is 5.56 Å². The molecule has 0 bridgehead atoms. The highest BCUT2D eigenvalue weighted by molar-refractivity contribution is 6.30. The fourth-order valence-corrected chi connectivity index (χ4v) is 1.21. The SMILES string of the molecule is [N-]=[N+]=NCC(=O)NCc1ccc(F)c(Cl)c1. The summed E-state index contributed by atoms with van der Waals surface area (Å²) in [5.41, 5.74) is 8.65. The number of azide groups is 1. The van der Waals surface area contributed by atoms with E-state index in [1.807, 2.05) is 0 Å². The van der Waals surface area contributed by atoms with Crippen LogP contribution in [-0.2, 0) is 11.3 Å². The Hall–Kier alpha value is -1.78. The van der Waals surface area contributed by atoms with E-state index in [4.69, 9.17) is 17.1 Å². The lowest BCUT2D eigenvalue weighted by atomic mass is 10.2. The molecule has 7 heteroatoms. The van der Waals surface area contributed by atoms with E-state index in [2.05, 4.69) is 15.3 Å². The van der Waals surface area contributed by atoms with E-state index in [1.165, 1.54) is 18.2 Å². The Morgan fingerprint density at radius 2 is 2.38 bits per heavy atom. The Kier molecular flexibility index (Phi) is 4.57. The van der Waals surface area contributed by atoms with Gasteiger partial charge in [0.15, 0.2) is 0 Å². The minimum atomic E-state index is -0.508. The Balaban J connectivity index is 2.51. The maximum atomic E-state index is 12.8. The van der Waals surface area contributed by atoms with Crippen LogP contribution in [0.4, 0.5) is 4.39 Å². The summed E-state index contributed by atoms with van der Waals surface area (Å²) in [7, 11) is 0. The highest BCUT2D eigenvalue weighted by atomic mass is 35.5. The summed E-state index contributed by atoms with van der Waals surface area (Å²) in [5.74, 6) is -0.913. The van der Waals surface area contributed by atoms with Gasteiger partial charge in [-0.25, -0.2) is 4.39 Å². The molecule has 0 fully saturated rings. The molecule has 0 unspecified atom stereocenters. The third-order valence-electron chi connectivity index (χ3n) is 1.75. The maximum Gasteiger partial charge on any atom is 0.226 e. The van der Waals surface area contributed by atoms with Gasteiger partial charge in [0.25, 0.3) is 0 Å². The van der Waals surface area contributed by atoms with Crippen molar-refractivity contribution in [3.63, 3.8) is 0 Å². The lowest BCUT2D eigenvalue weighted by Gasteiger charge is -2.04. The second-order valence-corrected chi connectivity index (χ2v) is 3.32. The number of hydrogen-bond acceptors (Lipinski definition) is 2. The lowest BCUT2D eigenvalue weighted by molar-refractivity contribution is -0.119. The van der Waals surface area contributed by atoms with Gasteiger partial charge in [-0.05, 0) is 23.2 Å². The van der Waals surface area contributed by atoms with Gasteiger partial charge >= 0.3 is 0 Å². The lowest BCUT2D eigenvalue weighted by Crippen LogP contribution is -2.24. The molecule has 0 aliphatic carbocycles. The molecular formula is C9H8ClFN4O. The van der Waals surface area contributed by atoms with E-state index in [0.29, 0.717) is 5.56 Å². The standard InChI is InChI=1S/C9H8ClFN4O/c10-7-3-6(1-2-8(7)11)4-13-9(16)5-14-15-12/h1-3H,4-5H2,(H,13,16). The van der Waals surface area contributed by atoms with Crippen molar-refractivity contribution >= 4 is 17.5 Å². The summed E-state index contributed by atoms with van der Waals surface area (Å²) in [4.78, 5) is 13.5. The van der Waals surface area contributed by atoms with Gasteiger partial charge in [-0.3, -0.25) is 4.79 Å². The second kappa shape index (κ2) is 5.95. The summed E-state index contributed by atoms with van der Waals surface area (Å²) < 4.78 is 12.8. The number of nitrogens with zero attached hydrogens (tertiary/aromatic N) is 3. The van der Waals surface area contributed by atoms with Gasteiger partial charge in [-0.1, -0.05) is 22.8 Å². The largest absolute Gasteiger partial charge is 0.352 e. The first-order valence-electron chi connectivity index (χ1n) is 4.35. The first-order chi connectivity index (χ1) is 7.63. The third-order valence-corrected chi connectivity index (χ3v) is 2.04. The van der Waals surface area contributed by atoms with Crippen LogP contribution in [-0.4, -0.2) is 12.5 Å². The molecule has 1 aromatic carbocycles. The molecule has 1 rings (SSSR count). The van der Waals surface area contributed by atoms with E-state index < -0.39 is 11.7 Å². The van der Waals surface area contributed by atoms with Crippen LogP contribution in [0.5, 0.6) is 0 Å². The van der Waals surface area contributed by atoms with Gasteiger partial charge in [-0.15, -0.1) is 0 Å². The molecule has 16 heavy (non-hydrogen) atoms. The molecule has 0 heterocycles. The Morgan fingerprint density at radius 1 is 1.62 bits per heavy atom. The molecule has 1 aromatic rings. The van der Waals surface area contributed by atoms with Gasteiger partial charge in [0.2, 0.25) is 5.91 Å². The second-order valence-electron chi connectivity index (χ2n) is 2.91. The van der Waals surface area contributed by atoms with E-state index in [9.17, 15) is 9.18 Å². The molecule has 1 amide bonds. The van der Waals surface area contributed by atoms with Crippen molar-refractivity contribution in [1.82, 2.24) is 5.32 Å². The zero-order valence-electron chi connectivity index (χ0n) is 8.15. The fraction of sp³-hybridized carbons (Fsp3) is 0.222. The minimum absolute atomic E-state index is 0.00166. The molecule has 0 spiro atoms. The molecule has 0 aliphatic rings. The van der Waals surface area contributed by atoms with Gasteiger partial charge in [0.05, 0.1) is 5.02 Å². The number of halogens is 2. The average molecular weight is 243 g/mol. The molecule has 1 N–H and O–H groups in total. The summed E-state index contributed by atoms with van der Waals surface area (Å²) in [6, 6.07) is 4.15. The number of carbonyl (C=O) groups excluding carboxylic acids is 1. The van der Waals surface area contributed by atoms with Crippen LogP contribution in [0.3, 0.4) is 0 Å². The van der Waals surface area contributed by atoms with Crippen molar-refractivity contribution in [2.24, 2.45) is 5.11 Å². The van der Waals surface area contributed by atoms with Crippen molar-refractivity contribution in [2.45, 2.75) is 6.54 Å². The molecule has 0 aliphatic heterocycles. The molecule has 0 saturated carbocycles. The Bertz CT molecular complexity index is 445. The topological polar surface area (TPSA) is 77.9 Å². The summed E-state index contributed by atoms with van der Waals surface area (Å²) in [6.45, 7) is -0.0504. The monoisotopic (exact) mass is 242 g/mol. The fourth-order valence-electron chi connectivity index (χ4n) is 1.00. The van der Waals surface area contributed by atoms with Crippen molar-refractivity contribution in [3.8, 4) is 0 Å². The average Bonchev–Trinajstić information content (AvgIpc) is 2.28. The molecule has 0 saturated heterocycles. The molecule has 0 aromatic heterocycles. The molecule has 0 atom stereocenters. The van der Waals surface area contributed by atoms with Crippen LogP contribution in [0.25, 0.3) is 10.4 Å². The van der Waals surface area contributed by atoms with E-state index >= 15 is 0 Å². The zero-order chi connectivity index (χ0) is 12.0. The Morgan fingerprint density at radius 3 is 3.00 bits per heavy atom. The first kappa shape index (κ1) is 12.3. The van der Waals surface area contributed by atoms with Gasteiger partial charge in [-0.2, -0.15) is 0 Å². The van der Waals surface area contributed by atoms with Crippen molar-refractivity contribution in [1.29, 1.82) is 0 Å². The first-order valence-corrected chi connectivity index (χ1v) is 4.72. The van der Waals surface area contributed by atoms with Crippen LogP contribution in [0.2, 0.25) is 5.02 Å².